The van der Waals surface area contributed by atoms with Crippen molar-refractivity contribution in [1.29, 1.82) is 0 Å². The van der Waals surface area contributed by atoms with Crippen LogP contribution in [-0.4, -0.2) is 41.9 Å². The molecule has 2 aromatic carbocycles. The lowest BCUT2D eigenvalue weighted by Crippen LogP contribution is -2.46. The van der Waals surface area contributed by atoms with E-state index in [1.807, 2.05) is 0 Å². The van der Waals surface area contributed by atoms with Gasteiger partial charge in [-0.05, 0) is 42.3 Å². The Balaban J connectivity index is 1.58. The maximum absolute atomic E-state index is 13.2. The Kier molecular flexibility index (Phi) is 5.97. The number of ether oxygens (including phenoxy) is 1. The van der Waals surface area contributed by atoms with E-state index in [9.17, 15) is 28.3 Å². The lowest BCUT2D eigenvalue weighted by atomic mass is 10.1. The minimum Gasteiger partial charge on any atom is -0.407 e. The number of rotatable bonds is 6. The highest BCUT2D eigenvalue weighted by molar-refractivity contribution is 6.02. The maximum atomic E-state index is 13.2. The van der Waals surface area contributed by atoms with Gasteiger partial charge in [0, 0.05) is 36.8 Å². The van der Waals surface area contributed by atoms with E-state index in [4.69, 9.17) is 10.5 Å². The van der Waals surface area contributed by atoms with E-state index in [1.165, 1.54) is 23.1 Å². The van der Waals surface area contributed by atoms with Crippen molar-refractivity contribution >= 4 is 23.6 Å². The van der Waals surface area contributed by atoms with Crippen molar-refractivity contribution < 1.29 is 33.0 Å². The summed E-state index contributed by atoms with van der Waals surface area (Å²) in [5, 5.41) is 12.8. The molecule has 1 aliphatic rings. The largest absolute Gasteiger partial charge is 0.410 e. The van der Waals surface area contributed by atoms with E-state index in [1.54, 1.807) is 6.07 Å². The van der Waals surface area contributed by atoms with Gasteiger partial charge in [-0.3, -0.25) is 9.59 Å². The predicted octanol–water partition coefficient (Wildman–Crippen LogP) is 1.46. The van der Waals surface area contributed by atoms with Crippen LogP contribution in [0.1, 0.15) is 22.3 Å². The number of hydrogen-bond donors (Lipinski definition) is 3. The molecule has 4 N–H and O–H groups in total. The molecule has 1 unspecified atom stereocenters. The molecule has 1 fully saturated rings. The Labute approximate surface area is 170 Å². The van der Waals surface area contributed by atoms with Gasteiger partial charge in [-0.1, -0.05) is 6.07 Å². The minimum atomic E-state index is -2.38. The molecule has 2 aromatic rings. The fraction of sp³-hybridized carbons (Fsp3) is 0.250. The minimum absolute atomic E-state index is 0.0314. The lowest BCUT2D eigenvalue weighted by Gasteiger charge is -2.22. The van der Waals surface area contributed by atoms with Crippen molar-refractivity contribution in [2.45, 2.75) is 18.6 Å². The summed E-state index contributed by atoms with van der Waals surface area (Å²) in [7, 11) is 0. The Morgan fingerprint density at radius 2 is 1.90 bits per heavy atom. The van der Waals surface area contributed by atoms with Gasteiger partial charge in [-0.15, -0.1) is 0 Å². The van der Waals surface area contributed by atoms with Gasteiger partial charge in [-0.25, -0.2) is 13.6 Å². The third-order valence-electron chi connectivity index (χ3n) is 4.56. The van der Waals surface area contributed by atoms with Gasteiger partial charge in [0.25, 0.3) is 11.7 Å². The highest BCUT2D eigenvalue weighted by atomic mass is 19.1. The van der Waals surface area contributed by atoms with Crippen LogP contribution in [0.3, 0.4) is 0 Å². The van der Waals surface area contributed by atoms with E-state index in [0.29, 0.717) is 11.3 Å². The van der Waals surface area contributed by atoms with Crippen molar-refractivity contribution in [3.63, 3.8) is 0 Å². The number of halogens is 2. The van der Waals surface area contributed by atoms with E-state index in [-0.39, 0.29) is 31.5 Å². The van der Waals surface area contributed by atoms with Crippen molar-refractivity contribution in [3.05, 3.63) is 65.2 Å². The summed E-state index contributed by atoms with van der Waals surface area (Å²) >= 11 is 0. The fourth-order valence-electron chi connectivity index (χ4n) is 3.10. The number of primary amides is 1. The Hall–Kier alpha value is -3.53. The van der Waals surface area contributed by atoms with Crippen LogP contribution in [-0.2, 0) is 16.0 Å². The van der Waals surface area contributed by atoms with Gasteiger partial charge in [0.2, 0.25) is 5.91 Å². The first-order valence-electron chi connectivity index (χ1n) is 9.04. The normalized spacial score (nSPS) is 18.4. The van der Waals surface area contributed by atoms with Crippen LogP contribution in [0.5, 0.6) is 0 Å². The lowest BCUT2D eigenvalue weighted by molar-refractivity contribution is -0.175. The number of benzene rings is 2. The van der Waals surface area contributed by atoms with Crippen LogP contribution in [0.25, 0.3) is 0 Å². The number of hydrogen-bond acceptors (Lipinski definition) is 5. The highest BCUT2D eigenvalue weighted by Gasteiger charge is 2.49. The molecule has 0 aromatic heterocycles. The summed E-state index contributed by atoms with van der Waals surface area (Å²) in [6.07, 6.45) is -1.13. The average Bonchev–Trinajstić information content (AvgIpc) is 2.95. The molecule has 0 bridgehead atoms. The quantitative estimate of drug-likeness (QED) is 0.612. The standard InChI is InChI=1S/C20H19F2N3O5/c21-14-8-12(9-15(22)11-14)4-6-24-19(28)30-20(29)5-7-25(18(20)27)16-3-1-2-13(10-16)17(23)26/h1-3,8-11,29H,4-7H2,(H2,23,26)(H,24,28). The van der Waals surface area contributed by atoms with Crippen LogP contribution >= 0.6 is 0 Å². The maximum Gasteiger partial charge on any atom is 0.410 e. The van der Waals surface area contributed by atoms with Gasteiger partial charge in [0.05, 0.1) is 0 Å². The average molecular weight is 419 g/mol. The fourth-order valence-corrected chi connectivity index (χ4v) is 3.10. The van der Waals surface area contributed by atoms with Crippen molar-refractivity contribution in [3.8, 4) is 0 Å². The molecule has 0 spiro atoms. The number of aliphatic hydroxyl groups is 1. The van der Waals surface area contributed by atoms with Crippen LogP contribution in [0, 0.1) is 11.6 Å². The second-order valence-electron chi connectivity index (χ2n) is 6.75. The van der Waals surface area contributed by atoms with Gasteiger partial charge < -0.3 is 25.8 Å². The summed E-state index contributed by atoms with van der Waals surface area (Å²) < 4.78 is 31.2. The monoisotopic (exact) mass is 419 g/mol. The van der Waals surface area contributed by atoms with Crippen LogP contribution < -0.4 is 16.0 Å². The molecule has 1 atom stereocenters. The number of carbonyl (C=O) groups is 3. The first-order valence-corrected chi connectivity index (χ1v) is 9.04. The SMILES string of the molecule is NC(=O)c1cccc(N2CCC(O)(OC(=O)NCCc3cc(F)cc(F)c3)C2=O)c1. The molecule has 8 nitrogen and oxygen atoms in total. The Morgan fingerprint density at radius 1 is 1.20 bits per heavy atom. The number of alkyl carbamates (subject to hydrolysis) is 1. The molecule has 3 amide bonds. The van der Waals surface area contributed by atoms with Crippen molar-refractivity contribution in [2.75, 3.05) is 18.0 Å². The molecule has 1 saturated heterocycles. The third kappa shape index (κ3) is 4.71. The molecule has 0 saturated carbocycles. The zero-order valence-corrected chi connectivity index (χ0v) is 15.7. The van der Waals surface area contributed by atoms with Crippen LogP contribution in [0.2, 0.25) is 0 Å². The molecule has 1 aliphatic heterocycles. The molecule has 3 rings (SSSR count). The highest BCUT2D eigenvalue weighted by Crippen LogP contribution is 2.29. The summed E-state index contributed by atoms with van der Waals surface area (Å²) in [4.78, 5) is 37.1. The van der Waals surface area contributed by atoms with Gasteiger partial charge >= 0.3 is 6.09 Å². The van der Waals surface area contributed by atoms with E-state index >= 15 is 0 Å². The molecular weight excluding hydrogens is 400 g/mol. The van der Waals surface area contributed by atoms with Gasteiger partial charge in [0.1, 0.15) is 11.6 Å². The van der Waals surface area contributed by atoms with Crippen LogP contribution in [0.15, 0.2) is 42.5 Å². The molecule has 0 radical (unpaired) electrons. The van der Waals surface area contributed by atoms with E-state index in [2.05, 4.69) is 5.32 Å². The van der Waals surface area contributed by atoms with Crippen LogP contribution in [0.4, 0.5) is 19.3 Å². The number of nitrogens with zero attached hydrogens (tertiary/aromatic N) is 1. The van der Waals surface area contributed by atoms with Crippen molar-refractivity contribution in [1.82, 2.24) is 5.32 Å². The van der Waals surface area contributed by atoms with E-state index < -0.39 is 35.3 Å². The zero-order chi connectivity index (χ0) is 21.9. The number of nitrogens with two attached hydrogens (primary N) is 1. The second-order valence-corrected chi connectivity index (χ2v) is 6.75. The third-order valence-corrected chi connectivity index (χ3v) is 4.56. The number of anilines is 1. The molecule has 30 heavy (non-hydrogen) atoms. The summed E-state index contributed by atoms with van der Waals surface area (Å²) in [5.74, 6) is -5.39. The zero-order valence-electron chi connectivity index (χ0n) is 15.7. The van der Waals surface area contributed by atoms with E-state index in [0.717, 1.165) is 18.2 Å². The Morgan fingerprint density at radius 3 is 2.57 bits per heavy atom. The molecular formula is C20H19F2N3O5. The van der Waals surface area contributed by atoms with Gasteiger partial charge in [-0.2, -0.15) is 0 Å². The number of carbonyl (C=O) groups excluding carboxylic acids is 3. The summed E-state index contributed by atoms with van der Waals surface area (Å²) in [6.45, 7) is 0.0176. The molecule has 0 aliphatic carbocycles. The molecule has 10 heteroatoms. The van der Waals surface area contributed by atoms with Gasteiger partial charge in [0.15, 0.2) is 0 Å². The topological polar surface area (TPSA) is 122 Å². The molecule has 158 valence electrons. The summed E-state index contributed by atoms with van der Waals surface area (Å²) in [5.41, 5.74) is 6.06. The first kappa shape index (κ1) is 21.2. The summed E-state index contributed by atoms with van der Waals surface area (Å²) in [6, 6.07) is 8.94. The predicted molar refractivity (Wildman–Crippen MR) is 101 cm³/mol. The number of amides is 3. The second kappa shape index (κ2) is 8.46. The molecule has 1 heterocycles. The first-order chi connectivity index (χ1) is 14.2. The Bertz CT molecular complexity index is 980. The number of nitrogens with one attached hydrogen (secondary N) is 1. The smallest absolute Gasteiger partial charge is 0.407 e. The van der Waals surface area contributed by atoms with Crippen molar-refractivity contribution in [2.24, 2.45) is 5.73 Å².